The summed E-state index contributed by atoms with van der Waals surface area (Å²) < 4.78 is 38.7. The molecule has 0 amide bonds. The van der Waals surface area contributed by atoms with Crippen molar-refractivity contribution < 1.29 is 13.2 Å². The minimum absolute atomic E-state index is 0.00625. The number of halogens is 3. The molecule has 0 bridgehead atoms. The largest absolute Gasteiger partial charge is 0.417 e. The van der Waals surface area contributed by atoms with Gasteiger partial charge in [0.25, 0.3) is 0 Å². The Hall–Kier alpha value is -1.35. The molecule has 0 spiro atoms. The Morgan fingerprint density at radius 1 is 1.24 bits per heavy atom. The van der Waals surface area contributed by atoms with Crippen LogP contribution in [0.1, 0.15) is 37.8 Å². The van der Waals surface area contributed by atoms with Gasteiger partial charge in [-0.3, -0.25) is 0 Å². The third-order valence-corrected chi connectivity index (χ3v) is 5.37. The first kappa shape index (κ1) is 17.7. The number of nitriles is 1. The summed E-state index contributed by atoms with van der Waals surface area (Å²) in [6.45, 7) is 4.73. The van der Waals surface area contributed by atoms with Crippen LogP contribution in [0.5, 0.6) is 0 Å². The van der Waals surface area contributed by atoms with Crippen LogP contribution >= 0.6 is 11.8 Å². The molecule has 116 valence electrons. The van der Waals surface area contributed by atoms with Crippen LogP contribution in [0.15, 0.2) is 18.2 Å². The summed E-state index contributed by atoms with van der Waals surface area (Å²) in [4.78, 5) is 0. The smallest absolute Gasteiger partial charge is 0.384 e. The molecule has 0 atom stereocenters. The number of hydrogen-bond donors (Lipinski definition) is 1. The van der Waals surface area contributed by atoms with Gasteiger partial charge >= 0.3 is 6.18 Å². The first-order chi connectivity index (χ1) is 9.81. The van der Waals surface area contributed by atoms with Crippen molar-refractivity contribution in [2.45, 2.75) is 37.6 Å². The van der Waals surface area contributed by atoms with Gasteiger partial charge in [-0.15, -0.1) is 0 Å². The Labute approximate surface area is 127 Å². The number of benzene rings is 1. The van der Waals surface area contributed by atoms with Crippen LogP contribution in [0.4, 0.5) is 18.9 Å². The van der Waals surface area contributed by atoms with E-state index in [9.17, 15) is 13.2 Å². The number of nitrogens with zero attached hydrogens (tertiary/aromatic N) is 1. The van der Waals surface area contributed by atoms with Gasteiger partial charge in [0.1, 0.15) is 0 Å². The van der Waals surface area contributed by atoms with E-state index in [4.69, 9.17) is 5.26 Å². The van der Waals surface area contributed by atoms with Crippen molar-refractivity contribution >= 4 is 17.4 Å². The molecule has 0 unspecified atom stereocenters. The lowest BCUT2D eigenvalue weighted by Crippen LogP contribution is -2.32. The average molecular weight is 316 g/mol. The highest BCUT2D eigenvalue weighted by molar-refractivity contribution is 8.00. The molecule has 2 nitrogen and oxygen atoms in total. The minimum Gasteiger partial charge on any atom is -0.384 e. The second-order valence-electron chi connectivity index (χ2n) is 4.82. The van der Waals surface area contributed by atoms with Crippen molar-refractivity contribution in [1.82, 2.24) is 0 Å². The van der Waals surface area contributed by atoms with Crippen LogP contribution in [0.2, 0.25) is 0 Å². The van der Waals surface area contributed by atoms with E-state index in [-0.39, 0.29) is 10.3 Å². The summed E-state index contributed by atoms with van der Waals surface area (Å²) in [6, 6.07) is 5.32. The van der Waals surface area contributed by atoms with Crippen LogP contribution in [-0.2, 0) is 6.18 Å². The maximum Gasteiger partial charge on any atom is 0.417 e. The fraction of sp³-hybridized carbons (Fsp3) is 0.533. The van der Waals surface area contributed by atoms with Gasteiger partial charge in [0.15, 0.2) is 0 Å². The molecule has 0 fully saturated rings. The molecule has 21 heavy (non-hydrogen) atoms. The molecular formula is C15H19F3N2S. The van der Waals surface area contributed by atoms with Gasteiger partial charge < -0.3 is 5.32 Å². The predicted octanol–water partition coefficient (Wildman–Crippen LogP) is 4.91. The number of rotatable bonds is 6. The van der Waals surface area contributed by atoms with Gasteiger partial charge in [0, 0.05) is 17.0 Å². The number of anilines is 1. The van der Waals surface area contributed by atoms with Crippen LogP contribution in [-0.4, -0.2) is 17.5 Å². The van der Waals surface area contributed by atoms with Crippen molar-refractivity contribution in [2.24, 2.45) is 0 Å². The van der Waals surface area contributed by atoms with E-state index >= 15 is 0 Å². The number of alkyl halides is 3. The quantitative estimate of drug-likeness (QED) is 0.810. The van der Waals surface area contributed by atoms with E-state index in [2.05, 4.69) is 19.2 Å². The zero-order chi connectivity index (χ0) is 16.1. The molecule has 0 aromatic heterocycles. The molecule has 1 rings (SSSR count). The fourth-order valence-corrected chi connectivity index (χ4v) is 2.90. The topological polar surface area (TPSA) is 35.8 Å². The lowest BCUT2D eigenvalue weighted by Gasteiger charge is -2.30. The van der Waals surface area contributed by atoms with Crippen LogP contribution in [0.25, 0.3) is 0 Å². The molecule has 0 saturated carbocycles. The Morgan fingerprint density at radius 2 is 1.86 bits per heavy atom. The van der Waals surface area contributed by atoms with Gasteiger partial charge in [0.2, 0.25) is 0 Å². The fourth-order valence-electron chi connectivity index (χ4n) is 2.11. The molecule has 0 aliphatic heterocycles. The van der Waals surface area contributed by atoms with Crippen LogP contribution < -0.4 is 5.32 Å². The minimum atomic E-state index is -4.52. The zero-order valence-electron chi connectivity index (χ0n) is 12.3. The van der Waals surface area contributed by atoms with Crippen LogP contribution in [0.3, 0.4) is 0 Å². The Morgan fingerprint density at radius 3 is 2.29 bits per heavy atom. The normalized spacial score (nSPS) is 12.0. The molecule has 1 aromatic rings. The Balaban J connectivity index is 2.99. The zero-order valence-corrected chi connectivity index (χ0v) is 13.2. The summed E-state index contributed by atoms with van der Waals surface area (Å²) in [6.07, 6.45) is -0.649. The molecular weight excluding hydrogens is 297 g/mol. The van der Waals surface area contributed by atoms with Gasteiger partial charge in [-0.2, -0.15) is 30.2 Å². The maximum atomic E-state index is 12.9. The summed E-state index contributed by atoms with van der Waals surface area (Å²) in [5, 5.41) is 11.8. The predicted molar refractivity (Wildman–Crippen MR) is 81.5 cm³/mol. The van der Waals surface area contributed by atoms with Gasteiger partial charge in [-0.1, -0.05) is 13.8 Å². The van der Waals surface area contributed by atoms with Crippen molar-refractivity contribution in [3.8, 4) is 6.07 Å². The summed E-state index contributed by atoms with van der Waals surface area (Å²) in [5.41, 5.74) is -0.852. The number of thioether (sulfide) groups is 1. The van der Waals surface area contributed by atoms with Crippen molar-refractivity contribution in [3.05, 3.63) is 29.3 Å². The van der Waals surface area contributed by atoms with E-state index in [0.717, 1.165) is 18.9 Å². The SMILES string of the molecule is CCC(CC)(CNc1ccc(C#N)c(C(F)(F)F)c1)SC. The molecule has 0 aliphatic rings. The van der Waals surface area contributed by atoms with Crippen molar-refractivity contribution in [2.75, 3.05) is 18.1 Å². The standard InChI is InChI=1S/C15H19F3N2S/c1-4-14(5-2,21-3)10-20-12-7-6-11(9-19)13(8-12)15(16,17)18/h6-8,20H,4-5,10H2,1-3H3. The summed E-state index contributed by atoms with van der Waals surface area (Å²) >= 11 is 1.72. The molecule has 0 saturated heterocycles. The Bertz CT molecular complexity index is 508. The maximum absolute atomic E-state index is 12.9. The highest BCUT2D eigenvalue weighted by atomic mass is 32.2. The van der Waals surface area contributed by atoms with Crippen LogP contribution in [0, 0.1) is 11.3 Å². The molecule has 1 aromatic carbocycles. The van der Waals surface area contributed by atoms with Gasteiger partial charge in [-0.25, -0.2) is 0 Å². The first-order valence-corrected chi connectivity index (χ1v) is 7.94. The van der Waals surface area contributed by atoms with Crippen molar-refractivity contribution in [3.63, 3.8) is 0 Å². The molecule has 1 N–H and O–H groups in total. The Kier molecular flexibility index (Phi) is 5.97. The monoisotopic (exact) mass is 316 g/mol. The average Bonchev–Trinajstić information content (AvgIpc) is 2.48. The lowest BCUT2D eigenvalue weighted by atomic mass is 10.0. The van der Waals surface area contributed by atoms with E-state index in [1.807, 2.05) is 6.26 Å². The summed E-state index contributed by atoms with van der Waals surface area (Å²) in [7, 11) is 0. The molecule has 0 heterocycles. The van der Waals surface area contributed by atoms with Crippen molar-refractivity contribution in [1.29, 1.82) is 5.26 Å². The third-order valence-electron chi connectivity index (χ3n) is 3.78. The van der Waals surface area contributed by atoms with E-state index in [0.29, 0.717) is 12.2 Å². The number of hydrogen-bond acceptors (Lipinski definition) is 3. The molecule has 0 aliphatic carbocycles. The highest BCUT2D eigenvalue weighted by Gasteiger charge is 2.34. The second-order valence-corrected chi connectivity index (χ2v) is 6.09. The van der Waals surface area contributed by atoms with E-state index in [1.165, 1.54) is 12.1 Å². The third kappa shape index (κ3) is 4.31. The molecule has 0 radical (unpaired) electrons. The van der Waals surface area contributed by atoms with E-state index < -0.39 is 11.7 Å². The van der Waals surface area contributed by atoms with Gasteiger partial charge in [0.05, 0.1) is 17.2 Å². The number of nitrogens with one attached hydrogen (secondary N) is 1. The lowest BCUT2D eigenvalue weighted by molar-refractivity contribution is -0.137. The highest BCUT2D eigenvalue weighted by Crippen LogP contribution is 2.35. The second kappa shape index (κ2) is 7.08. The van der Waals surface area contributed by atoms with E-state index in [1.54, 1.807) is 17.8 Å². The van der Waals surface area contributed by atoms with Gasteiger partial charge in [-0.05, 0) is 37.3 Å². The first-order valence-electron chi connectivity index (χ1n) is 6.72. The molecule has 6 heteroatoms. The summed E-state index contributed by atoms with van der Waals surface area (Å²) in [5.74, 6) is 0.